The monoisotopic (exact) mass is 572 g/mol. The number of hydrogen-bond donors (Lipinski definition) is 3. The zero-order chi connectivity index (χ0) is 29.7. The highest BCUT2D eigenvalue weighted by Gasteiger charge is 2.40. The predicted octanol–water partition coefficient (Wildman–Crippen LogP) is 4.33. The number of anilines is 1. The van der Waals surface area contributed by atoms with E-state index in [9.17, 15) is 40.7 Å². The van der Waals surface area contributed by atoms with Crippen LogP contribution < -0.4 is 21.1 Å². The molecule has 0 aliphatic carbocycles. The van der Waals surface area contributed by atoms with Crippen molar-refractivity contribution in [3.05, 3.63) is 59.7 Å². The van der Waals surface area contributed by atoms with Crippen LogP contribution >= 0.6 is 0 Å². The first-order chi connectivity index (χ1) is 18.7. The van der Waals surface area contributed by atoms with Crippen LogP contribution in [0.3, 0.4) is 0 Å². The Hall–Kier alpha value is -4.10. The van der Waals surface area contributed by atoms with Gasteiger partial charge in [-0.3, -0.25) is 14.4 Å². The molecule has 2 aromatic carbocycles. The molecule has 0 spiro atoms. The summed E-state index contributed by atoms with van der Waals surface area (Å²) >= 11 is 0. The first-order valence-electron chi connectivity index (χ1n) is 12.0. The number of amides is 3. The van der Waals surface area contributed by atoms with Gasteiger partial charge in [0.15, 0.2) is 0 Å². The standard InChI is InChI=1S/C26H26F6N4O4/c1-40-15-7-8-18-19(13-15)34-24(39)22(35-20(18)14-5-3-2-4-6-14)36-23(38)17(10-12-26(30,31)32)16(21(33)37)9-11-25(27,28)29/h2-8,13,16-17,22H,9-12H2,1H3,(H2,33,37)(H,34,39)(H,36,38)/t16-,17+,22+/m0/s1. The zero-order valence-electron chi connectivity index (χ0n) is 21.1. The van der Waals surface area contributed by atoms with Crippen LogP contribution in [-0.2, 0) is 14.4 Å². The normalized spacial score (nSPS) is 17.0. The third kappa shape index (κ3) is 8.20. The topological polar surface area (TPSA) is 123 Å². The molecular formula is C26H26F6N4O4. The molecule has 8 nitrogen and oxygen atoms in total. The Bertz CT molecular complexity index is 1260. The number of hydrogen-bond acceptors (Lipinski definition) is 5. The molecule has 3 atom stereocenters. The third-order valence-electron chi connectivity index (χ3n) is 6.24. The molecule has 0 unspecified atom stereocenters. The van der Waals surface area contributed by atoms with Crippen molar-refractivity contribution in [1.82, 2.24) is 5.32 Å². The number of aliphatic imine (C=N–C) groups is 1. The fourth-order valence-electron chi connectivity index (χ4n) is 4.28. The molecule has 14 heteroatoms. The number of primary amides is 1. The van der Waals surface area contributed by atoms with E-state index in [-0.39, 0.29) is 11.4 Å². The highest BCUT2D eigenvalue weighted by molar-refractivity contribution is 6.20. The van der Waals surface area contributed by atoms with Crippen molar-refractivity contribution in [2.45, 2.75) is 44.2 Å². The van der Waals surface area contributed by atoms with E-state index in [1.54, 1.807) is 42.5 Å². The van der Waals surface area contributed by atoms with E-state index in [1.807, 2.05) is 0 Å². The Labute approximate surface area is 225 Å². The van der Waals surface area contributed by atoms with Gasteiger partial charge in [0, 0.05) is 41.9 Å². The minimum absolute atomic E-state index is 0.234. The summed E-state index contributed by atoms with van der Waals surface area (Å²) < 4.78 is 82.9. The molecule has 3 rings (SSSR count). The summed E-state index contributed by atoms with van der Waals surface area (Å²) in [4.78, 5) is 42.7. The Morgan fingerprint density at radius 1 is 1.00 bits per heavy atom. The quantitative estimate of drug-likeness (QED) is 0.367. The molecule has 2 aromatic rings. The molecular weight excluding hydrogens is 546 g/mol. The van der Waals surface area contributed by atoms with E-state index in [2.05, 4.69) is 15.6 Å². The number of methoxy groups -OCH3 is 1. The smallest absolute Gasteiger partial charge is 0.389 e. The summed E-state index contributed by atoms with van der Waals surface area (Å²) in [6.07, 6.45) is -16.4. The maximum Gasteiger partial charge on any atom is 0.389 e. The first-order valence-corrected chi connectivity index (χ1v) is 12.0. The highest BCUT2D eigenvalue weighted by Crippen LogP contribution is 2.33. The molecule has 1 aliphatic rings. The van der Waals surface area contributed by atoms with Gasteiger partial charge in [0.1, 0.15) is 5.75 Å². The van der Waals surface area contributed by atoms with Gasteiger partial charge in [-0.05, 0) is 25.0 Å². The lowest BCUT2D eigenvalue weighted by Gasteiger charge is -2.26. The van der Waals surface area contributed by atoms with Crippen LogP contribution in [0.2, 0.25) is 0 Å². The number of benzene rings is 2. The van der Waals surface area contributed by atoms with Gasteiger partial charge in [-0.1, -0.05) is 30.3 Å². The molecule has 0 bridgehead atoms. The maximum atomic E-state index is 13.2. The van der Waals surface area contributed by atoms with Crippen molar-refractivity contribution >= 4 is 29.1 Å². The number of rotatable bonds is 10. The fourth-order valence-corrected chi connectivity index (χ4v) is 4.28. The molecule has 4 N–H and O–H groups in total. The van der Waals surface area contributed by atoms with Crippen molar-refractivity contribution in [3.63, 3.8) is 0 Å². The summed E-state index contributed by atoms with van der Waals surface area (Å²) in [5.74, 6) is -6.92. The second kappa shape index (κ2) is 12.4. The predicted molar refractivity (Wildman–Crippen MR) is 132 cm³/mol. The van der Waals surface area contributed by atoms with E-state index in [0.29, 0.717) is 16.9 Å². The summed E-state index contributed by atoms with van der Waals surface area (Å²) in [6, 6.07) is 13.2. The molecule has 0 radical (unpaired) electrons. The van der Waals surface area contributed by atoms with E-state index in [0.717, 1.165) is 0 Å². The van der Waals surface area contributed by atoms with Crippen LogP contribution in [0.15, 0.2) is 53.5 Å². The molecule has 1 heterocycles. The maximum absolute atomic E-state index is 13.2. The lowest BCUT2D eigenvalue weighted by molar-refractivity contribution is -0.152. The zero-order valence-corrected chi connectivity index (χ0v) is 21.1. The number of fused-ring (bicyclic) bond motifs is 1. The Kier molecular flexibility index (Phi) is 9.43. The number of carbonyl (C=O) groups is 3. The molecule has 0 fully saturated rings. The van der Waals surface area contributed by atoms with Crippen LogP contribution in [0.5, 0.6) is 5.75 Å². The van der Waals surface area contributed by atoms with E-state index >= 15 is 0 Å². The lowest BCUT2D eigenvalue weighted by atomic mass is 9.83. The second-order valence-corrected chi connectivity index (χ2v) is 9.08. The Balaban J connectivity index is 1.99. The molecule has 1 aliphatic heterocycles. The van der Waals surface area contributed by atoms with E-state index < -0.39 is 73.8 Å². The minimum atomic E-state index is -4.77. The van der Waals surface area contributed by atoms with Crippen molar-refractivity contribution in [3.8, 4) is 5.75 Å². The number of halogens is 6. The van der Waals surface area contributed by atoms with Gasteiger partial charge < -0.3 is 21.1 Å². The summed E-state index contributed by atoms with van der Waals surface area (Å²) in [5.41, 5.74) is 6.68. The number of carbonyl (C=O) groups excluding carboxylic acids is 3. The molecule has 0 saturated heterocycles. The van der Waals surface area contributed by atoms with Gasteiger partial charge in [-0.25, -0.2) is 4.99 Å². The van der Waals surface area contributed by atoms with Gasteiger partial charge in [-0.15, -0.1) is 0 Å². The molecule has 0 saturated carbocycles. The van der Waals surface area contributed by atoms with Crippen LogP contribution in [0.4, 0.5) is 32.0 Å². The fraction of sp³-hybridized carbons (Fsp3) is 0.385. The number of ether oxygens (including phenoxy) is 1. The Morgan fingerprint density at radius 2 is 1.60 bits per heavy atom. The summed E-state index contributed by atoms with van der Waals surface area (Å²) in [6.45, 7) is 0. The Morgan fingerprint density at radius 3 is 2.15 bits per heavy atom. The SMILES string of the molecule is COc1ccc2c(c1)NC(=O)[C@@H](NC(=O)[C@H](CCC(F)(F)F)[C@H](CCC(F)(F)F)C(N)=O)N=C2c1ccccc1. The van der Waals surface area contributed by atoms with Gasteiger partial charge in [0.25, 0.3) is 5.91 Å². The van der Waals surface area contributed by atoms with E-state index in [1.165, 1.54) is 13.2 Å². The average molecular weight is 573 g/mol. The van der Waals surface area contributed by atoms with Gasteiger partial charge in [-0.2, -0.15) is 26.3 Å². The van der Waals surface area contributed by atoms with Crippen molar-refractivity contribution in [1.29, 1.82) is 0 Å². The molecule has 40 heavy (non-hydrogen) atoms. The number of alkyl halides is 6. The number of nitrogens with zero attached hydrogens (tertiary/aromatic N) is 1. The number of nitrogens with one attached hydrogen (secondary N) is 2. The average Bonchev–Trinajstić information content (AvgIpc) is 3.00. The van der Waals surface area contributed by atoms with Crippen LogP contribution in [-0.4, -0.2) is 49.1 Å². The largest absolute Gasteiger partial charge is 0.497 e. The second-order valence-electron chi connectivity index (χ2n) is 9.08. The summed E-state index contributed by atoms with van der Waals surface area (Å²) in [5, 5.41) is 4.79. The minimum Gasteiger partial charge on any atom is -0.497 e. The van der Waals surface area contributed by atoms with E-state index in [4.69, 9.17) is 10.5 Å². The molecule has 216 valence electrons. The first kappa shape index (κ1) is 30.4. The van der Waals surface area contributed by atoms with Crippen molar-refractivity contribution < 1.29 is 45.5 Å². The number of nitrogens with two attached hydrogens (primary N) is 1. The third-order valence-corrected chi connectivity index (χ3v) is 6.24. The van der Waals surface area contributed by atoms with Gasteiger partial charge in [0.05, 0.1) is 18.5 Å². The van der Waals surface area contributed by atoms with Crippen molar-refractivity contribution in [2.75, 3.05) is 12.4 Å². The van der Waals surface area contributed by atoms with Gasteiger partial charge in [0.2, 0.25) is 18.0 Å². The van der Waals surface area contributed by atoms with Gasteiger partial charge >= 0.3 is 12.4 Å². The number of benzodiazepines with no additional fused rings is 1. The molecule has 0 aromatic heterocycles. The van der Waals surface area contributed by atoms with Crippen LogP contribution in [0, 0.1) is 11.8 Å². The summed E-state index contributed by atoms with van der Waals surface area (Å²) in [7, 11) is 1.41. The molecule has 3 amide bonds. The van der Waals surface area contributed by atoms with Crippen LogP contribution in [0.25, 0.3) is 0 Å². The van der Waals surface area contributed by atoms with Crippen LogP contribution in [0.1, 0.15) is 36.8 Å². The highest BCUT2D eigenvalue weighted by atomic mass is 19.4. The van der Waals surface area contributed by atoms with Crippen molar-refractivity contribution in [2.24, 2.45) is 22.6 Å². The lowest BCUT2D eigenvalue weighted by Crippen LogP contribution is -2.48.